The molecule has 1 heterocycles. The molecule has 0 saturated carbocycles. The van der Waals surface area contributed by atoms with Gasteiger partial charge in [0.15, 0.2) is 0 Å². The van der Waals surface area contributed by atoms with Gasteiger partial charge in [0, 0.05) is 12.1 Å². The number of nitrogens with zero attached hydrogens (tertiary/aromatic N) is 1. The van der Waals surface area contributed by atoms with E-state index in [1.807, 2.05) is 37.3 Å². The molecular formula is C20H18FNO3. The van der Waals surface area contributed by atoms with Crippen LogP contribution in [-0.4, -0.2) is 28.2 Å². The van der Waals surface area contributed by atoms with Crippen molar-refractivity contribution in [1.29, 1.82) is 0 Å². The fourth-order valence-electron chi connectivity index (χ4n) is 3.10. The van der Waals surface area contributed by atoms with Gasteiger partial charge in [0.1, 0.15) is 11.6 Å². The number of likely N-dealkylation sites (tertiary alicyclic amines) is 1. The largest absolute Gasteiger partial charge is 0.507 e. The standard InChI is InChI=1S/C20H18FNO3/c1-2-12-22-17(13-6-4-3-5-7-13)16(19(24)20(22)25)18(23)14-8-10-15(21)11-9-14/h3-11,17,23H,2,12H2,1H3/b18-16-. The van der Waals surface area contributed by atoms with E-state index in [4.69, 9.17) is 0 Å². The molecule has 2 aromatic carbocycles. The molecule has 0 bridgehead atoms. The van der Waals surface area contributed by atoms with E-state index < -0.39 is 23.5 Å². The predicted octanol–water partition coefficient (Wildman–Crippen LogP) is 3.66. The zero-order valence-corrected chi connectivity index (χ0v) is 13.8. The fraction of sp³-hybridized carbons (Fsp3) is 0.200. The summed E-state index contributed by atoms with van der Waals surface area (Å²) in [5.74, 6) is -2.07. The molecule has 0 aromatic heterocycles. The minimum atomic E-state index is -0.718. The smallest absolute Gasteiger partial charge is 0.295 e. The molecule has 25 heavy (non-hydrogen) atoms. The monoisotopic (exact) mass is 339 g/mol. The van der Waals surface area contributed by atoms with Crippen molar-refractivity contribution in [3.8, 4) is 0 Å². The lowest BCUT2D eigenvalue weighted by molar-refractivity contribution is -0.139. The van der Waals surface area contributed by atoms with Crippen LogP contribution in [0.15, 0.2) is 60.2 Å². The fourth-order valence-corrected chi connectivity index (χ4v) is 3.10. The van der Waals surface area contributed by atoms with E-state index in [2.05, 4.69) is 0 Å². The summed E-state index contributed by atoms with van der Waals surface area (Å²) in [7, 11) is 0. The molecule has 1 unspecified atom stereocenters. The van der Waals surface area contributed by atoms with Crippen molar-refractivity contribution < 1.29 is 19.1 Å². The zero-order chi connectivity index (χ0) is 18.0. The summed E-state index contributed by atoms with van der Waals surface area (Å²) in [5, 5.41) is 10.7. The van der Waals surface area contributed by atoms with Gasteiger partial charge in [0.2, 0.25) is 0 Å². The maximum absolute atomic E-state index is 13.1. The second-order valence-electron chi connectivity index (χ2n) is 5.91. The number of aliphatic hydroxyl groups excluding tert-OH is 1. The van der Waals surface area contributed by atoms with E-state index >= 15 is 0 Å². The van der Waals surface area contributed by atoms with Crippen molar-refractivity contribution in [2.75, 3.05) is 6.54 Å². The molecule has 4 nitrogen and oxygen atoms in total. The summed E-state index contributed by atoms with van der Waals surface area (Å²) < 4.78 is 13.1. The van der Waals surface area contributed by atoms with Crippen LogP contribution < -0.4 is 0 Å². The number of amides is 1. The summed E-state index contributed by atoms with van der Waals surface area (Å²) >= 11 is 0. The number of aliphatic hydroxyl groups is 1. The molecule has 1 N–H and O–H groups in total. The number of carbonyl (C=O) groups is 2. The Morgan fingerprint density at radius 2 is 1.72 bits per heavy atom. The Kier molecular flexibility index (Phi) is 4.65. The van der Waals surface area contributed by atoms with Crippen LogP contribution in [0, 0.1) is 5.82 Å². The lowest BCUT2D eigenvalue weighted by atomic mass is 9.95. The summed E-state index contributed by atoms with van der Waals surface area (Å²) in [6.45, 7) is 2.33. The topological polar surface area (TPSA) is 57.6 Å². The molecule has 1 fully saturated rings. The van der Waals surface area contributed by atoms with Crippen molar-refractivity contribution in [2.24, 2.45) is 0 Å². The highest BCUT2D eigenvalue weighted by Crippen LogP contribution is 2.39. The van der Waals surface area contributed by atoms with Crippen LogP contribution in [0.3, 0.4) is 0 Å². The molecule has 0 radical (unpaired) electrons. The molecule has 2 aromatic rings. The molecule has 1 aliphatic rings. The van der Waals surface area contributed by atoms with Gasteiger partial charge in [-0.15, -0.1) is 0 Å². The van der Waals surface area contributed by atoms with Gasteiger partial charge in [0.25, 0.3) is 11.7 Å². The average molecular weight is 339 g/mol. The first-order valence-corrected chi connectivity index (χ1v) is 8.14. The van der Waals surface area contributed by atoms with Gasteiger partial charge in [-0.25, -0.2) is 4.39 Å². The van der Waals surface area contributed by atoms with E-state index in [0.717, 1.165) is 5.56 Å². The Hall–Kier alpha value is -2.95. The summed E-state index contributed by atoms with van der Waals surface area (Å²) in [6, 6.07) is 13.7. The maximum Gasteiger partial charge on any atom is 0.295 e. The van der Waals surface area contributed by atoms with Crippen LogP contribution in [-0.2, 0) is 9.59 Å². The Bertz CT molecular complexity index is 828. The Labute approximate surface area is 145 Å². The van der Waals surface area contributed by atoms with E-state index in [1.54, 1.807) is 0 Å². The van der Waals surface area contributed by atoms with Gasteiger partial charge in [-0.2, -0.15) is 0 Å². The molecule has 1 atom stereocenters. The van der Waals surface area contributed by atoms with Crippen molar-refractivity contribution in [3.05, 3.63) is 77.1 Å². The van der Waals surface area contributed by atoms with Gasteiger partial charge >= 0.3 is 0 Å². The van der Waals surface area contributed by atoms with Crippen molar-refractivity contribution >= 4 is 17.4 Å². The number of ketones is 1. The summed E-state index contributed by atoms with van der Waals surface area (Å²) in [6.07, 6.45) is 0.687. The van der Waals surface area contributed by atoms with Crippen LogP contribution in [0.2, 0.25) is 0 Å². The lowest BCUT2D eigenvalue weighted by Gasteiger charge is -2.24. The van der Waals surface area contributed by atoms with Crippen LogP contribution >= 0.6 is 0 Å². The molecule has 1 amide bonds. The second-order valence-corrected chi connectivity index (χ2v) is 5.91. The quantitative estimate of drug-likeness (QED) is 0.525. The minimum Gasteiger partial charge on any atom is -0.507 e. The molecule has 3 rings (SSSR count). The van der Waals surface area contributed by atoms with E-state index in [9.17, 15) is 19.1 Å². The third-order valence-electron chi connectivity index (χ3n) is 4.24. The Morgan fingerprint density at radius 1 is 1.08 bits per heavy atom. The summed E-state index contributed by atoms with van der Waals surface area (Å²) in [4.78, 5) is 26.5. The Balaban J connectivity index is 2.17. The van der Waals surface area contributed by atoms with E-state index in [1.165, 1.54) is 29.2 Å². The molecule has 0 spiro atoms. The first-order chi connectivity index (χ1) is 12.0. The number of carbonyl (C=O) groups excluding carboxylic acids is 2. The molecule has 0 aliphatic carbocycles. The second kappa shape index (κ2) is 6.89. The molecule has 5 heteroatoms. The SMILES string of the molecule is CCCN1C(=O)C(=O)/C(=C(\O)c2ccc(F)cc2)C1c1ccccc1. The van der Waals surface area contributed by atoms with Gasteiger partial charge in [-0.05, 0) is 36.2 Å². The van der Waals surface area contributed by atoms with Crippen LogP contribution in [0.4, 0.5) is 4.39 Å². The maximum atomic E-state index is 13.1. The molecular weight excluding hydrogens is 321 g/mol. The lowest BCUT2D eigenvalue weighted by Crippen LogP contribution is -2.30. The zero-order valence-electron chi connectivity index (χ0n) is 13.8. The van der Waals surface area contributed by atoms with Crippen molar-refractivity contribution in [3.63, 3.8) is 0 Å². The number of halogens is 1. The van der Waals surface area contributed by atoms with Gasteiger partial charge < -0.3 is 10.0 Å². The van der Waals surface area contributed by atoms with Crippen molar-refractivity contribution in [2.45, 2.75) is 19.4 Å². The molecule has 1 aliphatic heterocycles. The van der Waals surface area contributed by atoms with Gasteiger partial charge in [0.05, 0.1) is 11.6 Å². The van der Waals surface area contributed by atoms with E-state index in [-0.39, 0.29) is 11.3 Å². The highest BCUT2D eigenvalue weighted by atomic mass is 19.1. The summed E-state index contributed by atoms with van der Waals surface area (Å²) in [5.41, 5.74) is 1.09. The third kappa shape index (κ3) is 3.05. The number of hydrogen-bond acceptors (Lipinski definition) is 3. The first kappa shape index (κ1) is 16.9. The van der Waals surface area contributed by atoms with Crippen LogP contribution in [0.1, 0.15) is 30.5 Å². The predicted molar refractivity (Wildman–Crippen MR) is 92.1 cm³/mol. The average Bonchev–Trinajstić information content (AvgIpc) is 2.88. The minimum absolute atomic E-state index is 0.0382. The molecule has 128 valence electrons. The van der Waals surface area contributed by atoms with Gasteiger partial charge in [-0.3, -0.25) is 9.59 Å². The Morgan fingerprint density at radius 3 is 2.32 bits per heavy atom. The normalized spacial score (nSPS) is 19.4. The van der Waals surface area contributed by atoms with Crippen molar-refractivity contribution in [1.82, 2.24) is 4.90 Å². The number of Topliss-reactive ketones (excluding diaryl/α,β-unsaturated/α-hetero) is 1. The van der Waals surface area contributed by atoms with E-state index in [0.29, 0.717) is 18.5 Å². The van der Waals surface area contributed by atoms with Gasteiger partial charge in [-0.1, -0.05) is 37.3 Å². The van der Waals surface area contributed by atoms with Crippen LogP contribution in [0.25, 0.3) is 5.76 Å². The highest BCUT2D eigenvalue weighted by molar-refractivity contribution is 6.46. The number of benzene rings is 2. The van der Waals surface area contributed by atoms with Crippen LogP contribution in [0.5, 0.6) is 0 Å². The highest BCUT2D eigenvalue weighted by Gasteiger charge is 2.45. The molecule has 1 saturated heterocycles. The number of hydrogen-bond donors (Lipinski definition) is 1. The number of rotatable bonds is 4. The third-order valence-corrected chi connectivity index (χ3v) is 4.24. The first-order valence-electron chi connectivity index (χ1n) is 8.14.